The second-order valence-electron chi connectivity index (χ2n) is 5.04. The van der Waals surface area contributed by atoms with Crippen LogP contribution in [0.3, 0.4) is 0 Å². The molecule has 1 aliphatic heterocycles. The molecule has 0 bridgehead atoms. The zero-order chi connectivity index (χ0) is 11.5. The number of halogens is 1. The number of nitrogens with one attached hydrogen (secondary N) is 1. The van der Waals surface area contributed by atoms with Gasteiger partial charge in [0, 0.05) is 6.04 Å². The standard InChI is InChI=1S/C14H20FN/c1-10(2)12-6-11(7-13(15)9-12)8-14-4-3-5-16-14/h6-7,9-10,14,16H,3-5,8H2,1-2H3. The number of hydrogen-bond donors (Lipinski definition) is 1. The van der Waals surface area contributed by atoms with Crippen molar-refractivity contribution in [3.63, 3.8) is 0 Å². The number of rotatable bonds is 3. The Morgan fingerprint density at radius 1 is 1.38 bits per heavy atom. The van der Waals surface area contributed by atoms with E-state index in [9.17, 15) is 4.39 Å². The van der Waals surface area contributed by atoms with Crippen molar-refractivity contribution in [2.24, 2.45) is 0 Å². The van der Waals surface area contributed by atoms with Gasteiger partial charge < -0.3 is 5.32 Å². The summed E-state index contributed by atoms with van der Waals surface area (Å²) in [5.41, 5.74) is 2.23. The van der Waals surface area contributed by atoms with E-state index >= 15 is 0 Å². The van der Waals surface area contributed by atoms with Gasteiger partial charge in [-0.25, -0.2) is 4.39 Å². The molecule has 0 saturated carbocycles. The molecule has 2 rings (SSSR count). The zero-order valence-corrected chi connectivity index (χ0v) is 10.1. The molecule has 1 nitrogen and oxygen atoms in total. The van der Waals surface area contributed by atoms with Gasteiger partial charge in [-0.1, -0.05) is 19.9 Å². The minimum Gasteiger partial charge on any atom is -0.314 e. The van der Waals surface area contributed by atoms with Crippen LogP contribution in [-0.2, 0) is 6.42 Å². The minimum absolute atomic E-state index is 0.0980. The first-order chi connectivity index (χ1) is 7.65. The van der Waals surface area contributed by atoms with E-state index in [0.29, 0.717) is 12.0 Å². The molecule has 0 amide bonds. The molecule has 1 aromatic rings. The van der Waals surface area contributed by atoms with Crippen LogP contribution >= 0.6 is 0 Å². The van der Waals surface area contributed by atoms with Gasteiger partial charge in [-0.15, -0.1) is 0 Å². The number of benzene rings is 1. The van der Waals surface area contributed by atoms with Gasteiger partial charge in [0.25, 0.3) is 0 Å². The highest BCUT2D eigenvalue weighted by Gasteiger charge is 2.15. The van der Waals surface area contributed by atoms with Gasteiger partial charge in [-0.3, -0.25) is 0 Å². The lowest BCUT2D eigenvalue weighted by Crippen LogP contribution is -2.23. The van der Waals surface area contributed by atoms with Crippen molar-refractivity contribution in [2.45, 2.75) is 45.1 Å². The van der Waals surface area contributed by atoms with E-state index in [-0.39, 0.29) is 5.82 Å². The Morgan fingerprint density at radius 2 is 2.19 bits per heavy atom. The van der Waals surface area contributed by atoms with Gasteiger partial charge in [0.1, 0.15) is 5.82 Å². The normalized spacial score (nSPS) is 20.6. The van der Waals surface area contributed by atoms with Crippen LogP contribution < -0.4 is 5.32 Å². The smallest absolute Gasteiger partial charge is 0.123 e. The molecule has 1 aliphatic rings. The molecule has 1 heterocycles. The van der Waals surface area contributed by atoms with Gasteiger partial charge in [-0.05, 0) is 55.0 Å². The predicted molar refractivity (Wildman–Crippen MR) is 65.2 cm³/mol. The lowest BCUT2D eigenvalue weighted by Gasteiger charge is -2.13. The van der Waals surface area contributed by atoms with E-state index in [1.165, 1.54) is 12.8 Å². The Balaban J connectivity index is 2.13. The number of hydrogen-bond acceptors (Lipinski definition) is 1. The molecule has 1 atom stereocenters. The second-order valence-corrected chi connectivity index (χ2v) is 5.04. The van der Waals surface area contributed by atoms with Gasteiger partial charge in [0.2, 0.25) is 0 Å². The maximum Gasteiger partial charge on any atom is 0.123 e. The lowest BCUT2D eigenvalue weighted by molar-refractivity contribution is 0.590. The quantitative estimate of drug-likeness (QED) is 0.826. The van der Waals surface area contributed by atoms with Crippen molar-refractivity contribution in [3.05, 3.63) is 35.1 Å². The van der Waals surface area contributed by atoms with E-state index in [1.807, 2.05) is 0 Å². The van der Waals surface area contributed by atoms with E-state index in [2.05, 4.69) is 25.2 Å². The van der Waals surface area contributed by atoms with E-state index in [1.54, 1.807) is 12.1 Å². The topological polar surface area (TPSA) is 12.0 Å². The summed E-state index contributed by atoms with van der Waals surface area (Å²) in [5, 5.41) is 3.45. The van der Waals surface area contributed by atoms with Crippen molar-refractivity contribution in [3.8, 4) is 0 Å². The van der Waals surface area contributed by atoms with Crippen LogP contribution in [-0.4, -0.2) is 12.6 Å². The summed E-state index contributed by atoms with van der Waals surface area (Å²) >= 11 is 0. The molecule has 88 valence electrons. The maximum atomic E-state index is 13.4. The molecule has 0 radical (unpaired) electrons. The fraction of sp³-hybridized carbons (Fsp3) is 0.571. The first kappa shape index (κ1) is 11.6. The first-order valence-electron chi connectivity index (χ1n) is 6.18. The summed E-state index contributed by atoms with van der Waals surface area (Å²) in [6.45, 7) is 5.32. The fourth-order valence-electron chi connectivity index (χ4n) is 2.34. The molecule has 0 spiro atoms. The molecule has 1 saturated heterocycles. The Bertz CT molecular complexity index is 354. The summed E-state index contributed by atoms with van der Waals surface area (Å²) in [6, 6.07) is 6.01. The van der Waals surface area contributed by atoms with E-state index in [4.69, 9.17) is 0 Å². The van der Waals surface area contributed by atoms with Gasteiger partial charge in [0.05, 0.1) is 0 Å². The molecular weight excluding hydrogens is 201 g/mol. The molecule has 1 aromatic carbocycles. The van der Waals surface area contributed by atoms with Crippen molar-refractivity contribution < 1.29 is 4.39 Å². The third-order valence-electron chi connectivity index (χ3n) is 3.29. The van der Waals surface area contributed by atoms with Crippen LogP contribution in [0, 0.1) is 5.82 Å². The summed E-state index contributed by atoms with van der Waals surface area (Å²) in [7, 11) is 0. The van der Waals surface area contributed by atoms with Crippen LogP contribution in [0.5, 0.6) is 0 Å². The minimum atomic E-state index is -0.0980. The highest BCUT2D eigenvalue weighted by Crippen LogP contribution is 2.20. The third-order valence-corrected chi connectivity index (χ3v) is 3.29. The van der Waals surface area contributed by atoms with Crippen molar-refractivity contribution >= 4 is 0 Å². The highest BCUT2D eigenvalue weighted by atomic mass is 19.1. The summed E-state index contributed by atoms with van der Waals surface area (Å²) in [6.07, 6.45) is 3.42. The van der Waals surface area contributed by atoms with Crippen LogP contribution in [0.15, 0.2) is 18.2 Å². The monoisotopic (exact) mass is 221 g/mol. The van der Waals surface area contributed by atoms with Gasteiger partial charge >= 0.3 is 0 Å². The van der Waals surface area contributed by atoms with Crippen molar-refractivity contribution in [1.82, 2.24) is 5.32 Å². The van der Waals surface area contributed by atoms with Crippen LogP contribution in [0.4, 0.5) is 4.39 Å². The molecule has 16 heavy (non-hydrogen) atoms. The summed E-state index contributed by atoms with van der Waals surface area (Å²) in [5.74, 6) is 0.296. The average molecular weight is 221 g/mol. The molecule has 2 heteroatoms. The highest BCUT2D eigenvalue weighted by molar-refractivity contribution is 5.27. The van der Waals surface area contributed by atoms with Gasteiger partial charge in [0.15, 0.2) is 0 Å². The average Bonchev–Trinajstić information content (AvgIpc) is 2.69. The SMILES string of the molecule is CC(C)c1cc(F)cc(CC2CCCN2)c1. The Kier molecular flexibility index (Phi) is 3.59. The Labute approximate surface area is 97.1 Å². The molecule has 0 aliphatic carbocycles. The van der Waals surface area contributed by atoms with E-state index in [0.717, 1.165) is 24.1 Å². The molecule has 1 N–H and O–H groups in total. The first-order valence-corrected chi connectivity index (χ1v) is 6.18. The summed E-state index contributed by atoms with van der Waals surface area (Å²) < 4.78 is 13.4. The fourth-order valence-corrected chi connectivity index (χ4v) is 2.34. The Morgan fingerprint density at radius 3 is 2.81 bits per heavy atom. The Hall–Kier alpha value is -0.890. The van der Waals surface area contributed by atoms with Crippen molar-refractivity contribution in [2.75, 3.05) is 6.54 Å². The van der Waals surface area contributed by atoms with Crippen LogP contribution in [0.2, 0.25) is 0 Å². The van der Waals surface area contributed by atoms with E-state index < -0.39 is 0 Å². The molecule has 1 fully saturated rings. The largest absolute Gasteiger partial charge is 0.314 e. The predicted octanol–water partition coefficient (Wildman–Crippen LogP) is 3.24. The third kappa shape index (κ3) is 2.82. The maximum absolute atomic E-state index is 13.4. The van der Waals surface area contributed by atoms with Gasteiger partial charge in [-0.2, -0.15) is 0 Å². The summed E-state index contributed by atoms with van der Waals surface area (Å²) in [4.78, 5) is 0. The van der Waals surface area contributed by atoms with Crippen LogP contribution in [0.25, 0.3) is 0 Å². The lowest BCUT2D eigenvalue weighted by atomic mass is 9.97. The van der Waals surface area contributed by atoms with Crippen LogP contribution in [0.1, 0.15) is 43.7 Å². The second kappa shape index (κ2) is 4.96. The molecule has 1 unspecified atom stereocenters. The molecular formula is C14H20FN. The van der Waals surface area contributed by atoms with Crippen molar-refractivity contribution in [1.29, 1.82) is 0 Å². The zero-order valence-electron chi connectivity index (χ0n) is 10.1. The molecule has 0 aromatic heterocycles.